The Hall–Kier alpha value is -1.81. The number of rotatable bonds is 2. The first-order valence-electron chi connectivity index (χ1n) is 6.36. The van der Waals surface area contributed by atoms with Crippen molar-refractivity contribution in [2.75, 3.05) is 0 Å². The zero-order valence-corrected chi connectivity index (χ0v) is 12.5. The van der Waals surface area contributed by atoms with Crippen molar-refractivity contribution in [3.8, 4) is 0 Å². The molecule has 0 radical (unpaired) electrons. The van der Waals surface area contributed by atoms with Crippen molar-refractivity contribution in [2.24, 2.45) is 0 Å². The van der Waals surface area contributed by atoms with Crippen LogP contribution in [0.1, 0.15) is 31.9 Å². The van der Waals surface area contributed by atoms with Crippen molar-refractivity contribution in [2.45, 2.75) is 32.7 Å². The predicted molar refractivity (Wildman–Crippen MR) is 80.6 cm³/mol. The normalized spacial score (nSPS) is 11.6. The molecule has 5 heteroatoms. The summed E-state index contributed by atoms with van der Waals surface area (Å²) in [6, 6.07) is 8.05. The van der Waals surface area contributed by atoms with Gasteiger partial charge in [-0.1, -0.05) is 56.6 Å². The molecule has 2 rings (SSSR count). The van der Waals surface area contributed by atoms with Gasteiger partial charge in [0.25, 0.3) is 5.56 Å². The third-order valence-electron chi connectivity index (χ3n) is 3.14. The lowest BCUT2D eigenvalue weighted by molar-refractivity contribution is 0.589. The van der Waals surface area contributed by atoms with Crippen LogP contribution in [0.5, 0.6) is 0 Å². The second kappa shape index (κ2) is 5.29. The Morgan fingerprint density at radius 1 is 1.15 bits per heavy atom. The molecule has 106 valence electrons. The Labute approximate surface area is 122 Å². The van der Waals surface area contributed by atoms with E-state index in [4.69, 9.17) is 11.6 Å². The third kappa shape index (κ3) is 3.20. The molecular weight excluding hydrogens is 276 g/mol. The summed E-state index contributed by atoms with van der Waals surface area (Å²) in [4.78, 5) is 25.1. The summed E-state index contributed by atoms with van der Waals surface area (Å²) in [5.74, 6) is 0. The summed E-state index contributed by atoms with van der Waals surface area (Å²) in [7, 11) is 0. The number of aromatic nitrogens is 2. The lowest BCUT2D eigenvalue weighted by Crippen LogP contribution is -2.29. The third-order valence-corrected chi connectivity index (χ3v) is 3.41. The highest BCUT2D eigenvalue weighted by Crippen LogP contribution is 2.22. The molecular formula is C15H17ClN2O2. The SMILES string of the molecule is CC(C)(C)c1ccc(Cn2cc(Cl)c(=O)[nH]c2=O)cc1. The summed E-state index contributed by atoms with van der Waals surface area (Å²) in [6.07, 6.45) is 1.36. The van der Waals surface area contributed by atoms with Gasteiger partial charge in [-0.3, -0.25) is 14.3 Å². The molecule has 0 aliphatic heterocycles. The molecule has 0 bridgehead atoms. The van der Waals surface area contributed by atoms with Crippen molar-refractivity contribution in [1.82, 2.24) is 9.55 Å². The zero-order chi connectivity index (χ0) is 14.9. The number of H-pyrrole nitrogens is 1. The summed E-state index contributed by atoms with van der Waals surface area (Å²) in [5.41, 5.74) is 1.28. The second-order valence-corrected chi connectivity index (χ2v) is 6.22. The molecule has 0 unspecified atom stereocenters. The molecule has 1 heterocycles. The van der Waals surface area contributed by atoms with Crippen molar-refractivity contribution < 1.29 is 0 Å². The maximum atomic E-state index is 11.7. The van der Waals surface area contributed by atoms with E-state index in [2.05, 4.69) is 25.8 Å². The van der Waals surface area contributed by atoms with E-state index in [1.165, 1.54) is 16.3 Å². The minimum absolute atomic E-state index is 0.0101. The van der Waals surface area contributed by atoms with Gasteiger partial charge in [0.2, 0.25) is 0 Å². The minimum atomic E-state index is -0.559. The van der Waals surface area contributed by atoms with E-state index < -0.39 is 11.2 Å². The lowest BCUT2D eigenvalue weighted by atomic mass is 9.87. The maximum Gasteiger partial charge on any atom is 0.328 e. The highest BCUT2D eigenvalue weighted by molar-refractivity contribution is 6.30. The van der Waals surface area contributed by atoms with Crippen molar-refractivity contribution in [3.05, 3.63) is 67.4 Å². The Kier molecular flexibility index (Phi) is 3.86. The highest BCUT2D eigenvalue weighted by atomic mass is 35.5. The van der Waals surface area contributed by atoms with Crippen LogP contribution in [0.15, 0.2) is 40.1 Å². The molecule has 20 heavy (non-hydrogen) atoms. The number of hydrogen-bond acceptors (Lipinski definition) is 2. The van der Waals surface area contributed by atoms with E-state index in [-0.39, 0.29) is 10.4 Å². The van der Waals surface area contributed by atoms with Crippen molar-refractivity contribution in [1.29, 1.82) is 0 Å². The van der Waals surface area contributed by atoms with Gasteiger partial charge in [0.1, 0.15) is 5.02 Å². The Balaban J connectivity index is 2.29. The number of halogens is 1. The van der Waals surface area contributed by atoms with Crippen molar-refractivity contribution in [3.63, 3.8) is 0 Å². The molecule has 0 aliphatic rings. The number of nitrogens with zero attached hydrogens (tertiary/aromatic N) is 1. The topological polar surface area (TPSA) is 54.9 Å². The molecule has 0 amide bonds. The van der Waals surface area contributed by atoms with Crippen LogP contribution >= 0.6 is 11.6 Å². The van der Waals surface area contributed by atoms with Crippen LogP contribution in [0.4, 0.5) is 0 Å². The largest absolute Gasteiger partial charge is 0.328 e. The Bertz CT molecular complexity index is 721. The quantitative estimate of drug-likeness (QED) is 0.925. The Morgan fingerprint density at radius 2 is 1.75 bits per heavy atom. The van der Waals surface area contributed by atoms with E-state index in [0.717, 1.165) is 5.56 Å². The van der Waals surface area contributed by atoms with Gasteiger partial charge in [0.05, 0.1) is 6.54 Å². The molecule has 1 aromatic heterocycles. The molecule has 0 spiro atoms. The van der Waals surface area contributed by atoms with Crippen LogP contribution in [-0.4, -0.2) is 9.55 Å². The highest BCUT2D eigenvalue weighted by Gasteiger charge is 2.13. The van der Waals surface area contributed by atoms with Crippen LogP contribution in [0.2, 0.25) is 5.02 Å². The zero-order valence-electron chi connectivity index (χ0n) is 11.7. The van der Waals surface area contributed by atoms with Crippen LogP contribution in [-0.2, 0) is 12.0 Å². The van der Waals surface area contributed by atoms with E-state index in [9.17, 15) is 9.59 Å². The molecule has 1 aromatic carbocycles. The molecule has 0 saturated carbocycles. The lowest BCUT2D eigenvalue weighted by Gasteiger charge is -2.19. The van der Waals surface area contributed by atoms with E-state index in [1.54, 1.807) is 0 Å². The smallest absolute Gasteiger partial charge is 0.295 e. The average molecular weight is 293 g/mol. The van der Waals surface area contributed by atoms with Gasteiger partial charge in [-0.25, -0.2) is 4.79 Å². The number of nitrogens with one attached hydrogen (secondary N) is 1. The first-order chi connectivity index (χ1) is 9.27. The average Bonchev–Trinajstić information content (AvgIpc) is 2.35. The summed E-state index contributed by atoms with van der Waals surface area (Å²) in [5, 5.41) is 0.0101. The van der Waals surface area contributed by atoms with Crippen LogP contribution in [0.25, 0.3) is 0 Å². The molecule has 2 aromatic rings. The summed E-state index contributed by atoms with van der Waals surface area (Å²) >= 11 is 5.73. The van der Waals surface area contributed by atoms with Gasteiger partial charge in [-0.05, 0) is 16.5 Å². The molecule has 0 atom stereocenters. The van der Waals surface area contributed by atoms with Gasteiger partial charge in [0, 0.05) is 6.20 Å². The van der Waals surface area contributed by atoms with Gasteiger partial charge >= 0.3 is 5.69 Å². The predicted octanol–water partition coefficient (Wildman–Crippen LogP) is 2.54. The van der Waals surface area contributed by atoms with Crippen LogP contribution in [0, 0.1) is 0 Å². The van der Waals surface area contributed by atoms with E-state index in [0.29, 0.717) is 6.54 Å². The number of hydrogen-bond donors (Lipinski definition) is 1. The monoisotopic (exact) mass is 292 g/mol. The first-order valence-corrected chi connectivity index (χ1v) is 6.74. The minimum Gasteiger partial charge on any atom is -0.295 e. The second-order valence-electron chi connectivity index (χ2n) is 5.81. The van der Waals surface area contributed by atoms with Gasteiger partial charge in [0.15, 0.2) is 0 Å². The van der Waals surface area contributed by atoms with Crippen LogP contribution < -0.4 is 11.2 Å². The number of aromatic amines is 1. The van der Waals surface area contributed by atoms with Gasteiger partial charge < -0.3 is 0 Å². The molecule has 1 N–H and O–H groups in total. The van der Waals surface area contributed by atoms with E-state index in [1.807, 2.05) is 24.3 Å². The molecule has 4 nitrogen and oxygen atoms in total. The van der Waals surface area contributed by atoms with Gasteiger partial charge in [-0.15, -0.1) is 0 Å². The molecule has 0 fully saturated rings. The fourth-order valence-corrected chi connectivity index (χ4v) is 2.07. The van der Waals surface area contributed by atoms with E-state index >= 15 is 0 Å². The fourth-order valence-electron chi connectivity index (χ4n) is 1.91. The molecule has 0 saturated heterocycles. The Morgan fingerprint density at radius 3 is 2.30 bits per heavy atom. The van der Waals surface area contributed by atoms with Crippen molar-refractivity contribution >= 4 is 11.6 Å². The number of benzene rings is 1. The van der Waals surface area contributed by atoms with Gasteiger partial charge in [-0.2, -0.15) is 0 Å². The summed E-state index contributed by atoms with van der Waals surface area (Å²) < 4.78 is 1.38. The first kappa shape index (κ1) is 14.6. The summed E-state index contributed by atoms with van der Waals surface area (Å²) in [6.45, 7) is 6.82. The maximum absolute atomic E-state index is 11.7. The van der Waals surface area contributed by atoms with Crippen LogP contribution in [0.3, 0.4) is 0 Å². The standard InChI is InChI=1S/C15H17ClN2O2/c1-15(2,3)11-6-4-10(5-7-11)8-18-9-12(16)13(19)17-14(18)20/h4-7,9H,8H2,1-3H3,(H,17,19,20). The molecule has 0 aliphatic carbocycles. The fraction of sp³-hybridized carbons (Fsp3) is 0.333.